The Bertz CT molecular complexity index is 670. The molecule has 8 heteroatoms. The van der Waals surface area contributed by atoms with Gasteiger partial charge in [0.25, 0.3) is 5.91 Å². The SMILES string of the molecule is CCNC(=O)CN1CCN(c2ncc(C(=O)N3CCCCC3)cc2Cl)CC1. The number of likely N-dealkylation sites (N-methyl/N-ethyl adjacent to an activating group) is 1. The lowest BCUT2D eigenvalue weighted by Crippen LogP contribution is -2.49. The van der Waals surface area contributed by atoms with Crippen molar-refractivity contribution in [1.82, 2.24) is 20.1 Å². The molecule has 1 aromatic rings. The van der Waals surface area contributed by atoms with E-state index in [1.807, 2.05) is 11.8 Å². The van der Waals surface area contributed by atoms with Gasteiger partial charge >= 0.3 is 0 Å². The number of rotatable bonds is 5. The number of carbonyl (C=O) groups is 2. The van der Waals surface area contributed by atoms with Crippen molar-refractivity contribution in [1.29, 1.82) is 0 Å². The van der Waals surface area contributed by atoms with Crippen LogP contribution in [-0.2, 0) is 4.79 Å². The van der Waals surface area contributed by atoms with E-state index in [0.717, 1.165) is 52.1 Å². The summed E-state index contributed by atoms with van der Waals surface area (Å²) >= 11 is 6.46. The van der Waals surface area contributed by atoms with Gasteiger partial charge in [-0.15, -0.1) is 0 Å². The first-order valence-electron chi connectivity index (χ1n) is 9.77. The first kappa shape index (κ1) is 19.9. The molecule has 3 rings (SSSR count). The second kappa shape index (κ2) is 9.37. The number of amides is 2. The van der Waals surface area contributed by atoms with Crippen LogP contribution < -0.4 is 10.2 Å². The number of pyridine rings is 1. The average molecular weight is 394 g/mol. The Labute approximate surface area is 165 Å². The van der Waals surface area contributed by atoms with Crippen LogP contribution in [0, 0.1) is 0 Å². The lowest BCUT2D eigenvalue weighted by molar-refractivity contribution is -0.122. The van der Waals surface area contributed by atoms with Crippen LogP contribution in [-0.4, -0.2) is 79.0 Å². The Balaban J connectivity index is 1.58. The molecule has 0 bridgehead atoms. The minimum atomic E-state index is 0.0161. The molecule has 0 atom stereocenters. The molecule has 1 aromatic heterocycles. The summed E-state index contributed by atoms with van der Waals surface area (Å²) in [5.74, 6) is 0.787. The van der Waals surface area contributed by atoms with E-state index in [1.165, 1.54) is 6.42 Å². The van der Waals surface area contributed by atoms with Crippen LogP contribution in [0.1, 0.15) is 36.5 Å². The van der Waals surface area contributed by atoms with Crippen molar-refractivity contribution in [3.63, 3.8) is 0 Å². The van der Waals surface area contributed by atoms with E-state index in [2.05, 4.69) is 20.1 Å². The fourth-order valence-corrected chi connectivity index (χ4v) is 3.92. The molecule has 7 nitrogen and oxygen atoms in total. The Morgan fingerprint density at radius 2 is 1.81 bits per heavy atom. The molecule has 27 heavy (non-hydrogen) atoms. The lowest BCUT2D eigenvalue weighted by atomic mass is 10.1. The standard InChI is InChI=1S/C19H28ClN5O2/c1-2-21-17(26)14-23-8-10-24(11-9-23)18-16(20)12-15(13-22-18)19(27)25-6-4-3-5-7-25/h12-13H,2-11,14H2,1H3,(H,21,26). The number of likely N-dealkylation sites (tertiary alicyclic amines) is 1. The summed E-state index contributed by atoms with van der Waals surface area (Å²) in [6, 6.07) is 1.74. The van der Waals surface area contributed by atoms with E-state index in [1.54, 1.807) is 12.3 Å². The largest absolute Gasteiger partial charge is 0.355 e. The highest BCUT2D eigenvalue weighted by Gasteiger charge is 2.23. The van der Waals surface area contributed by atoms with Crippen LogP contribution in [0.2, 0.25) is 5.02 Å². The predicted molar refractivity (Wildman–Crippen MR) is 106 cm³/mol. The fraction of sp³-hybridized carbons (Fsp3) is 0.632. The van der Waals surface area contributed by atoms with Crippen molar-refractivity contribution in [3.8, 4) is 0 Å². The second-order valence-electron chi connectivity index (χ2n) is 7.10. The summed E-state index contributed by atoms with van der Waals surface area (Å²) in [6.07, 6.45) is 4.95. The summed E-state index contributed by atoms with van der Waals surface area (Å²) in [5, 5.41) is 3.33. The highest BCUT2D eigenvalue weighted by atomic mass is 35.5. The Morgan fingerprint density at radius 3 is 2.44 bits per heavy atom. The summed E-state index contributed by atoms with van der Waals surface area (Å²) in [7, 11) is 0. The minimum absolute atomic E-state index is 0.0161. The maximum absolute atomic E-state index is 12.6. The zero-order chi connectivity index (χ0) is 19.2. The van der Waals surface area contributed by atoms with Gasteiger partial charge in [-0.3, -0.25) is 14.5 Å². The van der Waals surface area contributed by atoms with E-state index in [4.69, 9.17) is 11.6 Å². The smallest absolute Gasteiger partial charge is 0.255 e. The van der Waals surface area contributed by atoms with Gasteiger partial charge in [0, 0.05) is 52.0 Å². The number of hydrogen-bond acceptors (Lipinski definition) is 5. The third-order valence-electron chi connectivity index (χ3n) is 5.12. The third kappa shape index (κ3) is 5.11. The van der Waals surface area contributed by atoms with Gasteiger partial charge in [0.15, 0.2) is 0 Å². The number of hydrogen-bond donors (Lipinski definition) is 1. The Hall–Kier alpha value is -1.86. The van der Waals surface area contributed by atoms with Gasteiger partial charge in [-0.1, -0.05) is 11.6 Å². The first-order valence-corrected chi connectivity index (χ1v) is 10.1. The number of piperidine rings is 1. The quantitative estimate of drug-likeness (QED) is 0.823. The molecule has 0 unspecified atom stereocenters. The molecule has 2 fully saturated rings. The van der Waals surface area contributed by atoms with E-state index in [-0.39, 0.29) is 11.8 Å². The van der Waals surface area contributed by atoms with Crippen molar-refractivity contribution >= 4 is 29.2 Å². The molecule has 3 heterocycles. The number of halogens is 1. The van der Waals surface area contributed by atoms with Gasteiger partial charge in [0.1, 0.15) is 5.82 Å². The fourth-order valence-electron chi connectivity index (χ4n) is 3.63. The number of nitrogens with zero attached hydrogens (tertiary/aromatic N) is 4. The first-order chi connectivity index (χ1) is 13.1. The van der Waals surface area contributed by atoms with Crippen LogP contribution in [0.15, 0.2) is 12.3 Å². The number of anilines is 1. The van der Waals surface area contributed by atoms with Crippen LogP contribution in [0.25, 0.3) is 0 Å². The lowest BCUT2D eigenvalue weighted by Gasteiger charge is -2.35. The van der Waals surface area contributed by atoms with Gasteiger partial charge in [-0.2, -0.15) is 0 Å². The Morgan fingerprint density at radius 1 is 1.11 bits per heavy atom. The van der Waals surface area contributed by atoms with Crippen molar-refractivity contribution in [2.45, 2.75) is 26.2 Å². The predicted octanol–water partition coefficient (Wildman–Crippen LogP) is 1.62. The van der Waals surface area contributed by atoms with E-state index in [9.17, 15) is 9.59 Å². The summed E-state index contributed by atoms with van der Waals surface area (Å²) < 4.78 is 0. The third-order valence-corrected chi connectivity index (χ3v) is 5.40. The molecule has 1 N–H and O–H groups in total. The molecule has 0 aromatic carbocycles. The molecule has 2 amide bonds. The van der Waals surface area contributed by atoms with Crippen molar-refractivity contribution in [2.24, 2.45) is 0 Å². The summed E-state index contributed by atoms with van der Waals surface area (Å²) in [4.78, 5) is 34.9. The molecule has 2 aliphatic rings. The van der Waals surface area contributed by atoms with Crippen LogP contribution >= 0.6 is 11.6 Å². The van der Waals surface area contributed by atoms with Crippen LogP contribution in [0.3, 0.4) is 0 Å². The van der Waals surface area contributed by atoms with Gasteiger partial charge in [-0.05, 0) is 32.3 Å². The van der Waals surface area contributed by atoms with Crippen molar-refractivity contribution in [2.75, 3.05) is 57.3 Å². The second-order valence-corrected chi connectivity index (χ2v) is 7.51. The highest BCUT2D eigenvalue weighted by molar-refractivity contribution is 6.33. The topological polar surface area (TPSA) is 68.8 Å². The molecule has 148 valence electrons. The van der Waals surface area contributed by atoms with E-state index >= 15 is 0 Å². The molecule has 0 spiro atoms. The highest BCUT2D eigenvalue weighted by Crippen LogP contribution is 2.26. The van der Waals surface area contributed by atoms with Gasteiger partial charge in [-0.25, -0.2) is 4.98 Å². The van der Waals surface area contributed by atoms with Crippen molar-refractivity contribution < 1.29 is 9.59 Å². The molecule has 0 radical (unpaired) electrons. The number of aromatic nitrogens is 1. The number of nitrogens with one attached hydrogen (secondary N) is 1. The van der Waals surface area contributed by atoms with Gasteiger partial charge in [0.2, 0.25) is 5.91 Å². The average Bonchev–Trinajstić information content (AvgIpc) is 2.69. The molecule has 0 aliphatic carbocycles. The van der Waals surface area contributed by atoms with Crippen molar-refractivity contribution in [3.05, 3.63) is 22.8 Å². The normalized spacial score (nSPS) is 18.4. The van der Waals surface area contributed by atoms with E-state index < -0.39 is 0 Å². The zero-order valence-electron chi connectivity index (χ0n) is 15.9. The van der Waals surface area contributed by atoms with E-state index in [0.29, 0.717) is 29.5 Å². The Kier molecular flexibility index (Phi) is 6.90. The monoisotopic (exact) mass is 393 g/mol. The molecular formula is C19H28ClN5O2. The minimum Gasteiger partial charge on any atom is -0.355 e. The van der Waals surface area contributed by atoms with Gasteiger partial charge < -0.3 is 15.1 Å². The molecule has 2 aliphatic heterocycles. The molecular weight excluding hydrogens is 366 g/mol. The molecule has 0 saturated carbocycles. The summed E-state index contributed by atoms with van der Waals surface area (Å²) in [6.45, 7) is 7.69. The van der Waals surface area contributed by atoms with Gasteiger partial charge in [0.05, 0.1) is 17.1 Å². The summed E-state index contributed by atoms with van der Waals surface area (Å²) in [5.41, 5.74) is 0.556. The maximum Gasteiger partial charge on any atom is 0.255 e. The molecule has 2 saturated heterocycles. The van der Waals surface area contributed by atoms with Crippen LogP contribution in [0.5, 0.6) is 0 Å². The van der Waals surface area contributed by atoms with Crippen LogP contribution in [0.4, 0.5) is 5.82 Å². The number of carbonyl (C=O) groups excluding carboxylic acids is 2. The maximum atomic E-state index is 12.6. The zero-order valence-corrected chi connectivity index (χ0v) is 16.7. The number of piperazine rings is 1.